The fourth-order valence-electron chi connectivity index (χ4n) is 2.11. The zero-order valence-corrected chi connectivity index (χ0v) is 13.8. The Bertz CT molecular complexity index is 738. The molecule has 6 nitrogen and oxygen atoms in total. The zero-order chi connectivity index (χ0) is 16.3. The highest BCUT2D eigenvalue weighted by Crippen LogP contribution is 2.33. The Hall–Kier alpha value is -1.99. The van der Waals surface area contributed by atoms with E-state index in [-0.39, 0.29) is 11.4 Å². The third kappa shape index (κ3) is 3.10. The molecule has 7 heteroatoms. The number of benzene rings is 1. The van der Waals surface area contributed by atoms with Gasteiger partial charge in [0, 0.05) is 13.1 Å². The van der Waals surface area contributed by atoms with Gasteiger partial charge in [0.25, 0.3) is 0 Å². The van der Waals surface area contributed by atoms with Gasteiger partial charge in [-0.1, -0.05) is 0 Å². The molecular formula is C15H19NO5S. The van der Waals surface area contributed by atoms with Crippen LogP contribution in [0.15, 0.2) is 39.8 Å². The van der Waals surface area contributed by atoms with Crippen molar-refractivity contribution in [3.05, 3.63) is 41.9 Å². The number of nitrogens with zero attached hydrogens (tertiary/aromatic N) is 1. The lowest BCUT2D eigenvalue weighted by Crippen LogP contribution is -2.27. The predicted octanol–water partition coefficient (Wildman–Crippen LogP) is 2.43. The Morgan fingerprint density at radius 1 is 1.18 bits per heavy atom. The second-order valence-electron chi connectivity index (χ2n) is 4.81. The van der Waals surface area contributed by atoms with Crippen LogP contribution < -0.4 is 9.47 Å². The molecule has 2 rings (SSSR count). The number of rotatable bonds is 6. The van der Waals surface area contributed by atoms with Crippen LogP contribution in [0.2, 0.25) is 0 Å². The lowest BCUT2D eigenvalue weighted by atomic mass is 10.2. The highest BCUT2D eigenvalue weighted by atomic mass is 32.2. The summed E-state index contributed by atoms with van der Waals surface area (Å²) in [5, 5.41) is 0. The highest BCUT2D eigenvalue weighted by molar-refractivity contribution is 7.89. The number of sulfonamides is 1. The summed E-state index contributed by atoms with van der Waals surface area (Å²) in [6, 6.07) is 6.57. The van der Waals surface area contributed by atoms with Crippen molar-refractivity contribution >= 4 is 10.0 Å². The maximum absolute atomic E-state index is 12.7. The molecule has 22 heavy (non-hydrogen) atoms. The topological polar surface area (TPSA) is 69.0 Å². The molecule has 0 saturated heterocycles. The van der Waals surface area contributed by atoms with Gasteiger partial charge in [0.1, 0.15) is 5.76 Å². The van der Waals surface area contributed by atoms with Crippen molar-refractivity contribution in [3.8, 4) is 11.5 Å². The van der Waals surface area contributed by atoms with E-state index in [0.29, 0.717) is 22.8 Å². The molecule has 0 aliphatic rings. The minimum Gasteiger partial charge on any atom is -0.493 e. The Balaban J connectivity index is 2.40. The van der Waals surface area contributed by atoms with Gasteiger partial charge in [-0.2, -0.15) is 4.31 Å². The monoisotopic (exact) mass is 325 g/mol. The fourth-order valence-corrected chi connectivity index (χ4v) is 3.47. The molecule has 0 spiro atoms. The number of aryl methyl sites for hydroxylation is 1. The normalized spacial score (nSPS) is 11.7. The Morgan fingerprint density at radius 3 is 2.36 bits per heavy atom. The second-order valence-corrected chi connectivity index (χ2v) is 6.83. The SMILES string of the molecule is COc1cc(C)c(S(=O)(=O)N(C)Cc2ccco2)cc1OC. The molecular weight excluding hydrogens is 306 g/mol. The maximum atomic E-state index is 12.7. The smallest absolute Gasteiger partial charge is 0.243 e. The van der Waals surface area contributed by atoms with Gasteiger partial charge in [0.15, 0.2) is 11.5 Å². The number of methoxy groups -OCH3 is 2. The van der Waals surface area contributed by atoms with E-state index < -0.39 is 10.0 Å². The van der Waals surface area contributed by atoms with Crippen LogP contribution in [0.5, 0.6) is 11.5 Å². The summed E-state index contributed by atoms with van der Waals surface area (Å²) in [6.07, 6.45) is 1.51. The van der Waals surface area contributed by atoms with E-state index >= 15 is 0 Å². The summed E-state index contributed by atoms with van der Waals surface area (Å²) in [6.45, 7) is 1.87. The first-order valence-electron chi connectivity index (χ1n) is 6.61. The molecule has 1 aromatic carbocycles. The second kappa shape index (κ2) is 6.41. The van der Waals surface area contributed by atoms with Crippen LogP contribution in [0.25, 0.3) is 0 Å². The minimum absolute atomic E-state index is 0.156. The van der Waals surface area contributed by atoms with Crippen LogP contribution in [0.4, 0.5) is 0 Å². The van der Waals surface area contributed by atoms with E-state index in [4.69, 9.17) is 13.9 Å². The van der Waals surface area contributed by atoms with E-state index in [9.17, 15) is 8.42 Å². The summed E-state index contributed by atoms with van der Waals surface area (Å²) in [4.78, 5) is 0.180. The highest BCUT2D eigenvalue weighted by Gasteiger charge is 2.25. The van der Waals surface area contributed by atoms with Gasteiger partial charge in [-0.15, -0.1) is 0 Å². The quantitative estimate of drug-likeness (QED) is 0.816. The van der Waals surface area contributed by atoms with Gasteiger partial charge in [-0.3, -0.25) is 0 Å². The van der Waals surface area contributed by atoms with Crippen molar-refractivity contribution in [1.82, 2.24) is 4.31 Å². The van der Waals surface area contributed by atoms with Crippen LogP contribution in [0.1, 0.15) is 11.3 Å². The first kappa shape index (κ1) is 16.4. The summed E-state index contributed by atoms with van der Waals surface area (Å²) in [5.74, 6) is 1.44. The van der Waals surface area contributed by atoms with Crippen molar-refractivity contribution in [3.63, 3.8) is 0 Å². The molecule has 0 aliphatic heterocycles. The lowest BCUT2D eigenvalue weighted by molar-refractivity contribution is 0.353. The number of hydrogen-bond donors (Lipinski definition) is 0. The maximum Gasteiger partial charge on any atom is 0.243 e. The van der Waals surface area contributed by atoms with Crippen LogP contribution in [0, 0.1) is 6.92 Å². The third-order valence-electron chi connectivity index (χ3n) is 3.33. The molecule has 0 N–H and O–H groups in total. The van der Waals surface area contributed by atoms with E-state index in [2.05, 4.69) is 0 Å². The van der Waals surface area contributed by atoms with Crippen molar-refractivity contribution in [2.75, 3.05) is 21.3 Å². The van der Waals surface area contributed by atoms with Crippen LogP contribution >= 0.6 is 0 Å². The average Bonchev–Trinajstić information content (AvgIpc) is 2.99. The molecule has 0 atom stereocenters. The van der Waals surface area contributed by atoms with E-state index in [1.54, 1.807) is 25.1 Å². The summed E-state index contributed by atoms with van der Waals surface area (Å²) in [5.41, 5.74) is 0.587. The molecule has 1 aromatic heterocycles. The molecule has 0 fully saturated rings. The van der Waals surface area contributed by atoms with Gasteiger partial charge in [0.2, 0.25) is 10.0 Å². The molecule has 0 radical (unpaired) electrons. The van der Waals surface area contributed by atoms with Gasteiger partial charge in [-0.25, -0.2) is 8.42 Å². The number of furan rings is 1. The Kier molecular flexibility index (Phi) is 4.77. The van der Waals surface area contributed by atoms with Crippen molar-refractivity contribution in [2.24, 2.45) is 0 Å². The molecule has 0 amide bonds. The predicted molar refractivity (Wildman–Crippen MR) is 81.6 cm³/mol. The molecule has 0 bridgehead atoms. The van der Waals surface area contributed by atoms with Crippen LogP contribution in [-0.4, -0.2) is 34.0 Å². The van der Waals surface area contributed by atoms with Gasteiger partial charge >= 0.3 is 0 Å². The lowest BCUT2D eigenvalue weighted by Gasteiger charge is -2.19. The zero-order valence-electron chi connectivity index (χ0n) is 13.0. The Morgan fingerprint density at radius 2 is 1.82 bits per heavy atom. The molecule has 120 valence electrons. The van der Waals surface area contributed by atoms with Crippen molar-refractivity contribution < 1.29 is 22.3 Å². The molecule has 2 aromatic rings. The first-order valence-corrected chi connectivity index (χ1v) is 8.05. The van der Waals surface area contributed by atoms with E-state index in [1.165, 1.54) is 37.9 Å². The minimum atomic E-state index is -3.67. The number of ether oxygens (including phenoxy) is 2. The third-order valence-corrected chi connectivity index (χ3v) is 5.27. The first-order chi connectivity index (χ1) is 10.4. The largest absolute Gasteiger partial charge is 0.493 e. The number of hydrogen-bond acceptors (Lipinski definition) is 5. The van der Waals surface area contributed by atoms with Crippen LogP contribution in [0.3, 0.4) is 0 Å². The molecule has 0 saturated carbocycles. The summed E-state index contributed by atoms with van der Waals surface area (Å²) >= 11 is 0. The molecule has 0 unspecified atom stereocenters. The van der Waals surface area contributed by atoms with E-state index in [0.717, 1.165) is 0 Å². The summed E-state index contributed by atoms with van der Waals surface area (Å²) in [7, 11) is 0.819. The molecule has 1 heterocycles. The fraction of sp³-hybridized carbons (Fsp3) is 0.333. The van der Waals surface area contributed by atoms with Gasteiger partial charge in [0.05, 0.1) is 31.9 Å². The Labute approximate surface area is 130 Å². The van der Waals surface area contributed by atoms with Gasteiger partial charge in [-0.05, 0) is 30.7 Å². The van der Waals surface area contributed by atoms with Crippen LogP contribution in [-0.2, 0) is 16.6 Å². The molecule has 0 aliphatic carbocycles. The van der Waals surface area contributed by atoms with Crippen molar-refractivity contribution in [2.45, 2.75) is 18.4 Å². The van der Waals surface area contributed by atoms with Crippen molar-refractivity contribution in [1.29, 1.82) is 0 Å². The summed E-state index contributed by atoms with van der Waals surface area (Å²) < 4.78 is 42.3. The standard InChI is InChI=1S/C15H19NO5S/c1-11-8-13(19-3)14(20-4)9-15(11)22(17,18)16(2)10-12-6-5-7-21-12/h5-9H,10H2,1-4H3. The van der Waals surface area contributed by atoms with Gasteiger partial charge < -0.3 is 13.9 Å². The average molecular weight is 325 g/mol. The van der Waals surface area contributed by atoms with E-state index in [1.807, 2.05) is 0 Å².